The number of amides is 2. The van der Waals surface area contributed by atoms with Gasteiger partial charge in [-0.1, -0.05) is 23.2 Å². The number of carbonyl (C=O) groups excluding carboxylic acids is 2. The third kappa shape index (κ3) is 3.72. The molecule has 1 aromatic carbocycles. The molecule has 86 valence electrons. The molecule has 0 saturated carbocycles. The first kappa shape index (κ1) is 12.8. The molecule has 0 aliphatic carbocycles. The van der Waals surface area contributed by atoms with Gasteiger partial charge in [0.25, 0.3) is 5.91 Å². The van der Waals surface area contributed by atoms with Gasteiger partial charge in [0.2, 0.25) is 5.91 Å². The van der Waals surface area contributed by atoms with Gasteiger partial charge in [-0.15, -0.1) is 0 Å². The fraction of sp³-hybridized carbons (Fsp3) is 0.200. The van der Waals surface area contributed by atoms with Crippen LogP contribution in [0.5, 0.6) is 0 Å². The number of nitrogens with one attached hydrogen (secondary N) is 2. The lowest BCUT2D eigenvalue weighted by atomic mass is 10.2. The van der Waals surface area contributed by atoms with Crippen molar-refractivity contribution in [1.82, 2.24) is 10.6 Å². The standard InChI is InChI=1S/C10H10Cl2N2O2/c1-13-9(15)5-14-10(16)6-2-7(11)4-8(12)3-6/h2-4H,5H2,1H3,(H,13,15)(H,14,16). The summed E-state index contributed by atoms with van der Waals surface area (Å²) in [5.74, 6) is -0.672. The normalized spacial score (nSPS) is 9.69. The summed E-state index contributed by atoms with van der Waals surface area (Å²) >= 11 is 11.5. The highest BCUT2D eigenvalue weighted by molar-refractivity contribution is 6.35. The van der Waals surface area contributed by atoms with E-state index in [0.29, 0.717) is 15.6 Å². The van der Waals surface area contributed by atoms with Gasteiger partial charge in [-0.3, -0.25) is 9.59 Å². The van der Waals surface area contributed by atoms with Crippen LogP contribution in [0.25, 0.3) is 0 Å². The zero-order valence-corrected chi connectivity index (χ0v) is 10.0. The number of rotatable bonds is 3. The number of hydrogen-bond acceptors (Lipinski definition) is 2. The van der Waals surface area contributed by atoms with E-state index in [1.54, 1.807) is 0 Å². The van der Waals surface area contributed by atoms with Crippen molar-refractivity contribution < 1.29 is 9.59 Å². The molecule has 0 aliphatic rings. The Kier molecular flexibility index (Phi) is 4.58. The minimum absolute atomic E-state index is 0.0839. The first-order valence-corrected chi connectivity index (χ1v) is 5.23. The zero-order valence-electron chi connectivity index (χ0n) is 8.51. The highest BCUT2D eigenvalue weighted by Gasteiger charge is 2.08. The number of halogens is 2. The van der Waals surface area contributed by atoms with Crippen molar-refractivity contribution in [3.8, 4) is 0 Å². The molecular formula is C10H10Cl2N2O2. The van der Waals surface area contributed by atoms with Gasteiger partial charge in [-0.05, 0) is 18.2 Å². The molecular weight excluding hydrogens is 251 g/mol. The topological polar surface area (TPSA) is 58.2 Å². The summed E-state index contributed by atoms with van der Waals surface area (Å²) in [6, 6.07) is 4.48. The number of benzene rings is 1. The summed E-state index contributed by atoms with van der Waals surface area (Å²) < 4.78 is 0. The zero-order chi connectivity index (χ0) is 12.1. The van der Waals surface area contributed by atoms with Gasteiger partial charge in [0.1, 0.15) is 0 Å². The first-order chi connectivity index (χ1) is 7.52. The van der Waals surface area contributed by atoms with Crippen LogP contribution in [0.15, 0.2) is 18.2 Å². The average Bonchev–Trinajstić information content (AvgIpc) is 2.23. The lowest BCUT2D eigenvalue weighted by Gasteiger charge is -2.05. The SMILES string of the molecule is CNC(=O)CNC(=O)c1cc(Cl)cc(Cl)c1. The molecule has 0 bridgehead atoms. The van der Waals surface area contributed by atoms with Crippen molar-refractivity contribution in [2.45, 2.75) is 0 Å². The van der Waals surface area contributed by atoms with Gasteiger partial charge < -0.3 is 10.6 Å². The van der Waals surface area contributed by atoms with Gasteiger partial charge in [0, 0.05) is 22.7 Å². The molecule has 16 heavy (non-hydrogen) atoms. The molecule has 1 rings (SSSR count). The minimum atomic E-state index is -0.395. The number of likely N-dealkylation sites (N-methyl/N-ethyl adjacent to an activating group) is 1. The van der Waals surface area contributed by atoms with E-state index in [2.05, 4.69) is 10.6 Å². The Morgan fingerprint density at radius 3 is 2.25 bits per heavy atom. The Bertz CT molecular complexity index is 401. The van der Waals surface area contributed by atoms with Crippen molar-refractivity contribution >= 4 is 35.0 Å². The molecule has 0 heterocycles. The third-order valence-corrected chi connectivity index (χ3v) is 2.25. The van der Waals surface area contributed by atoms with Crippen LogP contribution in [0.4, 0.5) is 0 Å². The predicted octanol–water partition coefficient (Wildman–Crippen LogP) is 1.47. The average molecular weight is 261 g/mol. The Balaban J connectivity index is 2.69. The summed E-state index contributed by atoms with van der Waals surface area (Å²) in [6.07, 6.45) is 0. The highest BCUT2D eigenvalue weighted by Crippen LogP contribution is 2.18. The van der Waals surface area contributed by atoms with Crippen molar-refractivity contribution in [1.29, 1.82) is 0 Å². The second-order valence-electron chi connectivity index (χ2n) is 3.01. The second-order valence-corrected chi connectivity index (χ2v) is 3.89. The maximum atomic E-state index is 11.6. The first-order valence-electron chi connectivity index (χ1n) is 4.48. The molecule has 1 aromatic rings. The molecule has 0 aromatic heterocycles. The maximum Gasteiger partial charge on any atom is 0.251 e. The molecule has 0 spiro atoms. The lowest BCUT2D eigenvalue weighted by Crippen LogP contribution is -2.35. The van der Waals surface area contributed by atoms with Crippen LogP contribution in [0.2, 0.25) is 10.0 Å². The van der Waals surface area contributed by atoms with Gasteiger partial charge >= 0.3 is 0 Å². The van der Waals surface area contributed by atoms with Crippen molar-refractivity contribution in [3.05, 3.63) is 33.8 Å². The minimum Gasteiger partial charge on any atom is -0.358 e. The van der Waals surface area contributed by atoms with Crippen LogP contribution in [0, 0.1) is 0 Å². The molecule has 0 atom stereocenters. The van der Waals surface area contributed by atoms with E-state index in [9.17, 15) is 9.59 Å². The quantitative estimate of drug-likeness (QED) is 0.865. The van der Waals surface area contributed by atoms with Crippen molar-refractivity contribution in [2.24, 2.45) is 0 Å². The third-order valence-electron chi connectivity index (χ3n) is 1.81. The van der Waals surface area contributed by atoms with Crippen LogP contribution in [-0.4, -0.2) is 25.4 Å². The van der Waals surface area contributed by atoms with Gasteiger partial charge in [-0.2, -0.15) is 0 Å². The van der Waals surface area contributed by atoms with Crippen molar-refractivity contribution in [3.63, 3.8) is 0 Å². The summed E-state index contributed by atoms with van der Waals surface area (Å²) in [6.45, 7) is -0.0839. The Hall–Kier alpha value is -1.26. The summed E-state index contributed by atoms with van der Waals surface area (Å²) in [4.78, 5) is 22.5. The molecule has 0 fully saturated rings. The summed E-state index contributed by atoms with van der Waals surface area (Å²) in [7, 11) is 1.49. The molecule has 6 heteroatoms. The molecule has 4 nitrogen and oxygen atoms in total. The number of hydrogen-bond donors (Lipinski definition) is 2. The van der Waals surface area contributed by atoms with E-state index in [1.165, 1.54) is 25.2 Å². The number of carbonyl (C=O) groups is 2. The Labute approximate surface area is 103 Å². The summed E-state index contributed by atoms with van der Waals surface area (Å²) in [5, 5.41) is 5.57. The fourth-order valence-electron chi connectivity index (χ4n) is 1.04. The molecule has 0 unspecified atom stereocenters. The monoisotopic (exact) mass is 260 g/mol. The predicted molar refractivity (Wildman–Crippen MR) is 62.9 cm³/mol. The molecule has 0 saturated heterocycles. The lowest BCUT2D eigenvalue weighted by molar-refractivity contribution is -0.119. The largest absolute Gasteiger partial charge is 0.358 e. The molecule has 0 aliphatic heterocycles. The Morgan fingerprint density at radius 2 is 1.75 bits per heavy atom. The molecule has 0 radical (unpaired) electrons. The van der Waals surface area contributed by atoms with Gasteiger partial charge in [0.05, 0.1) is 6.54 Å². The van der Waals surface area contributed by atoms with Gasteiger partial charge in [0.15, 0.2) is 0 Å². The van der Waals surface area contributed by atoms with E-state index in [1.807, 2.05) is 0 Å². The van der Waals surface area contributed by atoms with Crippen LogP contribution in [0.1, 0.15) is 10.4 Å². The fourth-order valence-corrected chi connectivity index (χ4v) is 1.56. The van der Waals surface area contributed by atoms with Crippen LogP contribution < -0.4 is 10.6 Å². The second kappa shape index (κ2) is 5.72. The molecule has 2 amide bonds. The van der Waals surface area contributed by atoms with Crippen LogP contribution >= 0.6 is 23.2 Å². The van der Waals surface area contributed by atoms with Crippen molar-refractivity contribution in [2.75, 3.05) is 13.6 Å². The van der Waals surface area contributed by atoms with E-state index in [4.69, 9.17) is 23.2 Å². The smallest absolute Gasteiger partial charge is 0.251 e. The van der Waals surface area contributed by atoms with E-state index < -0.39 is 5.91 Å². The van der Waals surface area contributed by atoms with Crippen LogP contribution in [-0.2, 0) is 4.79 Å². The van der Waals surface area contributed by atoms with E-state index in [-0.39, 0.29) is 12.5 Å². The summed E-state index contributed by atoms with van der Waals surface area (Å²) in [5.41, 5.74) is 0.321. The van der Waals surface area contributed by atoms with E-state index >= 15 is 0 Å². The maximum absolute atomic E-state index is 11.6. The molecule has 2 N–H and O–H groups in total. The van der Waals surface area contributed by atoms with Crippen LogP contribution in [0.3, 0.4) is 0 Å². The van der Waals surface area contributed by atoms with E-state index in [0.717, 1.165) is 0 Å². The highest BCUT2D eigenvalue weighted by atomic mass is 35.5. The van der Waals surface area contributed by atoms with Gasteiger partial charge in [-0.25, -0.2) is 0 Å². The Morgan fingerprint density at radius 1 is 1.19 bits per heavy atom.